The minimum absolute atomic E-state index is 0.0338. The summed E-state index contributed by atoms with van der Waals surface area (Å²) in [5.74, 6) is 4.67. The average Bonchev–Trinajstić information content (AvgIpc) is 3.02. The first-order valence-electron chi connectivity index (χ1n) is 13.3. The Hall–Kier alpha value is -0.570. The van der Waals surface area contributed by atoms with Crippen LogP contribution in [0.1, 0.15) is 112 Å². The van der Waals surface area contributed by atoms with Crippen molar-refractivity contribution < 1.29 is 14.6 Å². The molecule has 9 atom stereocenters. The summed E-state index contributed by atoms with van der Waals surface area (Å²) in [6.07, 6.45) is 13.0. The highest BCUT2D eigenvalue weighted by molar-refractivity contribution is 5.69. The minimum Gasteiger partial charge on any atom is -0.460 e. The summed E-state index contributed by atoms with van der Waals surface area (Å²) in [4.78, 5) is 12.3. The third kappa shape index (κ3) is 4.34. The molecule has 0 saturated heterocycles. The average molecular weight is 433 g/mol. The van der Waals surface area contributed by atoms with E-state index in [0.29, 0.717) is 23.2 Å². The van der Waals surface area contributed by atoms with Gasteiger partial charge in [-0.1, -0.05) is 20.8 Å². The van der Waals surface area contributed by atoms with Gasteiger partial charge in [0.15, 0.2) is 0 Å². The number of hydrogen-bond acceptors (Lipinski definition) is 3. The number of aliphatic hydroxyl groups is 1. The van der Waals surface area contributed by atoms with Gasteiger partial charge in [0.25, 0.3) is 0 Å². The quantitative estimate of drug-likeness (QED) is 0.499. The zero-order chi connectivity index (χ0) is 22.6. The van der Waals surface area contributed by atoms with Gasteiger partial charge in [0.1, 0.15) is 5.60 Å². The van der Waals surface area contributed by atoms with Crippen molar-refractivity contribution in [2.75, 3.05) is 0 Å². The van der Waals surface area contributed by atoms with E-state index in [0.717, 1.165) is 48.9 Å². The molecule has 31 heavy (non-hydrogen) atoms. The van der Waals surface area contributed by atoms with Crippen LogP contribution < -0.4 is 0 Å². The standard InChI is InChI=1S/C28H48O3/c1-18(7-12-25(30)31-26(2,3)4)22-10-11-23-21-9-8-19-17-20(29)13-15-27(19,5)24(21)14-16-28(22,23)6/h18-24,29H,7-17H2,1-6H3/t18-,19-,20+,21+,22?,23?,24?,27+,28-/m1/s1. The van der Waals surface area contributed by atoms with E-state index in [-0.39, 0.29) is 17.7 Å². The second-order valence-electron chi connectivity index (χ2n) is 13.4. The van der Waals surface area contributed by atoms with Crippen molar-refractivity contribution in [1.82, 2.24) is 0 Å². The van der Waals surface area contributed by atoms with Crippen molar-refractivity contribution in [3.8, 4) is 0 Å². The number of carbonyl (C=O) groups is 1. The van der Waals surface area contributed by atoms with Crippen LogP contribution in [-0.2, 0) is 9.53 Å². The Morgan fingerprint density at radius 2 is 1.68 bits per heavy atom. The molecule has 0 aromatic heterocycles. The van der Waals surface area contributed by atoms with Crippen LogP contribution in [-0.4, -0.2) is 22.8 Å². The lowest BCUT2D eigenvalue weighted by molar-refractivity contribution is -0.155. The Morgan fingerprint density at radius 3 is 2.39 bits per heavy atom. The molecule has 4 saturated carbocycles. The molecule has 0 aliphatic heterocycles. The number of aliphatic hydroxyl groups excluding tert-OH is 1. The highest BCUT2D eigenvalue weighted by Gasteiger charge is 2.60. The van der Waals surface area contributed by atoms with Gasteiger partial charge in [-0.3, -0.25) is 4.79 Å². The summed E-state index contributed by atoms with van der Waals surface area (Å²) in [6, 6.07) is 0. The summed E-state index contributed by atoms with van der Waals surface area (Å²) in [6.45, 7) is 13.5. The smallest absolute Gasteiger partial charge is 0.306 e. The van der Waals surface area contributed by atoms with Crippen LogP contribution in [0.5, 0.6) is 0 Å². The Bertz CT molecular complexity index is 666. The van der Waals surface area contributed by atoms with E-state index >= 15 is 0 Å². The lowest BCUT2D eigenvalue weighted by atomic mass is 9.44. The number of carbonyl (C=O) groups excluding carboxylic acids is 1. The topological polar surface area (TPSA) is 46.5 Å². The third-order valence-corrected chi connectivity index (χ3v) is 10.6. The monoisotopic (exact) mass is 432 g/mol. The van der Waals surface area contributed by atoms with Crippen LogP contribution in [0.2, 0.25) is 0 Å². The fraction of sp³-hybridized carbons (Fsp3) is 0.964. The maximum Gasteiger partial charge on any atom is 0.306 e. The molecule has 4 fully saturated rings. The summed E-state index contributed by atoms with van der Waals surface area (Å²) < 4.78 is 5.57. The van der Waals surface area contributed by atoms with E-state index in [1.165, 1.54) is 44.9 Å². The molecule has 178 valence electrons. The first-order chi connectivity index (χ1) is 14.4. The second-order valence-corrected chi connectivity index (χ2v) is 13.4. The van der Waals surface area contributed by atoms with Crippen molar-refractivity contribution in [3.05, 3.63) is 0 Å². The lowest BCUT2D eigenvalue weighted by Gasteiger charge is -2.61. The molecule has 4 rings (SSSR count). The number of rotatable bonds is 4. The zero-order valence-electron chi connectivity index (χ0n) is 21.1. The molecule has 4 aliphatic rings. The van der Waals surface area contributed by atoms with Gasteiger partial charge in [0, 0.05) is 6.42 Å². The third-order valence-electron chi connectivity index (χ3n) is 10.6. The van der Waals surface area contributed by atoms with Gasteiger partial charge in [-0.25, -0.2) is 0 Å². The molecule has 3 heteroatoms. The van der Waals surface area contributed by atoms with Gasteiger partial charge in [0.05, 0.1) is 6.10 Å². The molecule has 3 unspecified atom stereocenters. The molecule has 1 N–H and O–H groups in total. The highest BCUT2D eigenvalue weighted by atomic mass is 16.6. The van der Waals surface area contributed by atoms with Crippen LogP contribution in [0, 0.1) is 46.3 Å². The summed E-state index contributed by atoms with van der Waals surface area (Å²) in [5, 5.41) is 10.3. The zero-order valence-corrected chi connectivity index (χ0v) is 21.1. The molecule has 0 aromatic rings. The number of hydrogen-bond donors (Lipinski definition) is 1. The van der Waals surface area contributed by atoms with Crippen LogP contribution in [0.3, 0.4) is 0 Å². The fourth-order valence-electron chi connectivity index (χ4n) is 9.15. The van der Waals surface area contributed by atoms with Crippen molar-refractivity contribution in [3.63, 3.8) is 0 Å². The Balaban J connectivity index is 1.42. The van der Waals surface area contributed by atoms with Crippen molar-refractivity contribution in [2.24, 2.45) is 46.3 Å². The number of ether oxygens (including phenoxy) is 1. The van der Waals surface area contributed by atoms with Crippen LogP contribution in [0.25, 0.3) is 0 Å². The first kappa shape index (κ1) is 23.6. The van der Waals surface area contributed by atoms with Crippen LogP contribution in [0.15, 0.2) is 0 Å². The van der Waals surface area contributed by atoms with Crippen LogP contribution >= 0.6 is 0 Å². The van der Waals surface area contributed by atoms with Gasteiger partial charge >= 0.3 is 5.97 Å². The van der Waals surface area contributed by atoms with E-state index in [1.807, 2.05) is 20.8 Å². The molecule has 0 aromatic carbocycles. The van der Waals surface area contributed by atoms with E-state index in [2.05, 4.69) is 20.8 Å². The largest absolute Gasteiger partial charge is 0.460 e. The normalized spacial score (nSPS) is 45.9. The Labute approximate surface area is 191 Å². The molecule has 3 nitrogen and oxygen atoms in total. The van der Waals surface area contributed by atoms with Gasteiger partial charge in [-0.2, -0.15) is 0 Å². The molecular formula is C28H48O3. The van der Waals surface area contributed by atoms with Gasteiger partial charge in [-0.05, 0) is 131 Å². The molecule has 0 spiro atoms. The predicted molar refractivity (Wildman–Crippen MR) is 125 cm³/mol. The van der Waals surface area contributed by atoms with E-state index in [9.17, 15) is 9.90 Å². The molecular weight excluding hydrogens is 384 g/mol. The Morgan fingerprint density at radius 1 is 1.00 bits per heavy atom. The SMILES string of the molecule is C[C@H](CCC(=O)OC(C)(C)C)C1CCC2[C@@H]3CC[C@@H]4C[C@@H](O)CC[C@]4(C)C3CC[C@@]21C. The van der Waals surface area contributed by atoms with Gasteiger partial charge in [0.2, 0.25) is 0 Å². The molecule has 0 radical (unpaired) electrons. The fourth-order valence-corrected chi connectivity index (χ4v) is 9.15. The van der Waals surface area contributed by atoms with E-state index in [4.69, 9.17) is 4.74 Å². The summed E-state index contributed by atoms with van der Waals surface area (Å²) in [5.41, 5.74) is 0.531. The van der Waals surface area contributed by atoms with Crippen molar-refractivity contribution >= 4 is 5.97 Å². The summed E-state index contributed by atoms with van der Waals surface area (Å²) in [7, 11) is 0. The summed E-state index contributed by atoms with van der Waals surface area (Å²) >= 11 is 0. The number of esters is 1. The van der Waals surface area contributed by atoms with Crippen molar-refractivity contribution in [2.45, 2.75) is 124 Å². The number of fused-ring (bicyclic) bond motifs is 5. The highest BCUT2D eigenvalue weighted by Crippen LogP contribution is 2.68. The maximum absolute atomic E-state index is 12.3. The van der Waals surface area contributed by atoms with Crippen LogP contribution in [0.4, 0.5) is 0 Å². The first-order valence-corrected chi connectivity index (χ1v) is 13.3. The second kappa shape index (κ2) is 8.33. The molecule has 0 bridgehead atoms. The molecule has 0 amide bonds. The van der Waals surface area contributed by atoms with E-state index in [1.54, 1.807) is 0 Å². The molecule has 4 aliphatic carbocycles. The Kier molecular flexibility index (Phi) is 6.34. The van der Waals surface area contributed by atoms with E-state index < -0.39 is 0 Å². The van der Waals surface area contributed by atoms with Crippen molar-refractivity contribution in [1.29, 1.82) is 0 Å². The molecule has 0 heterocycles. The lowest BCUT2D eigenvalue weighted by Crippen LogP contribution is -2.54. The van der Waals surface area contributed by atoms with Gasteiger partial charge < -0.3 is 9.84 Å². The minimum atomic E-state index is -0.382. The maximum atomic E-state index is 12.3. The van der Waals surface area contributed by atoms with Gasteiger partial charge in [-0.15, -0.1) is 0 Å². The predicted octanol–water partition coefficient (Wildman–Crippen LogP) is 6.76.